The monoisotopic (exact) mass is 395 g/mol. The lowest BCUT2D eigenvalue weighted by atomic mass is 9.97. The first kappa shape index (κ1) is 22.8. The first-order chi connectivity index (χ1) is 13.2. The van der Waals surface area contributed by atoms with Crippen LogP contribution in [0, 0.1) is 5.92 Å². The Morgan fingerprint density at radius 3 is 2.61 bits per heavy atom. The summed E-state index contributed by atoms with van der Waals surface area (Å²) in [5, 5.41) is 6.42. The highest BCUT2D eigenvalue weighted by Crippen LogP contribution is 2.19. The molecule has 0 aromatic carbocycles. The van der Waals surface area contributed by atoms with Crippen LogP contribution in [0.3, 0.4) is 0 Å². The summed E-state index contributed by atoms with van der Waals surface area (Å²) in [5.41, 5.74) is -0.470. The zero-order valence-corrected chi connectivity index (χ0v) is 18.8. The minimum absolute atomic E-state index is 0.102. The van der Waals surface area contributed by atoms with Gasteiger partial charge in [-0.2, -0.15) is 0 Å². The molecule has 2 heterocycles. The molecule has 2 atom stereocenters. The molecule has 162 valence electrons. The standard InChI is InChI=1S/C21H41N5O2/c1-7-22-19(23-13-17-9-8-11-25(14-17)16(2)3)26-12-10-18(15-26)24-20(27)28-21(4,5)6/h16-18H,7-15H2,1-6H3,(H,22,23)(H,24,27). The number of rotatable bonds is 5. The van der Waals surface area contributed by atoms with Gasteiger partial charge in [0.15, 0.2) is 5.96 Å². The zero-order valence-electron chi connectivity index (χ0n) is 18.8. The highest BCUT2D eigenvalue weighted by atomic mass is 16.6. The summed E-state index contributed by atoms with van der Waals surface area (Å²) in [4.78, 5) is 21.8. The minimum atomic E-state index is -0.470. The van der Waals surface area contributed by atoms with E-state index in [2.05, 4.69) is 41.2 Å². The van der Waals surface area contributed by atoms with Gasteiger partial charge in [-0.3, -0.25) is 4.99 Å². The van der Waals surface area contributed by atoms with Crippen molar-refractivity contribution in [1.82, 2.24) is 20.4 Å². The molecule has 0 aromatic heterocycles. The van der Waals surface area contributed by atoms with E-state index in [1.54, 1.807) is 0 Å². The highest BCUT2D eigenvalue weighted by molar-refractivity contribution is 5.80. The third kappa shape index (κ3) is 7.49. The maximum absolute atomic E-state index is 12.0. The molecule has 2 fully saturated rings. The van der Waals surface area contributed by atoms with Crippen molar-refractivity contribution in [2.75, 3.05) is 39.3 Å². The normalized spacial score (nSPS) is 24.5. The lowest BCUT2D eigenvalue weighted by Gasteiger charge is -2.35. The first-order valence-electron chi connectivity index (χ1n) is 10.9. The van der Waals surface area contributed by atoms with Gasteiger partial charge in [0.1, 0.15) is 5.60 Å². The van der Waals surface area contributed by atoms with Crippen LogP contribution in [-0.4, -0.2) is 78.8 Å². The lowest BCUT2D eigenvalue weighted by molar-refractivity contribution is 0.0507. The molecule has 0 radical (unpaired) electrons. The average Bonchev–Trinajstić information content (AvgIpc) is 3.05. The van der Waals surface area contributed by atoms with Crippen molar-refractivity contribution in [2.24, 2.45) is 10.9 Å². The smallest absolute Gasteiger partial charge is 0.407 e. The van der Waals surface area contributed by atoms with Crippen molar-refractivity contribution in [3.8, 4) is 0 Å². The van der Waals surface area contributed by atoms with E-state index < -0.39 is 5.60 Å². The molecular weight excluding hydrogens is 354 g/mol. The number of hydrogen-bond donors (Lipinski definition) is 2. The lowest BCUT2D eigenvalue weighted by Crippen LogP contribution is -2.45. The molecule has 7 nitrogen and oxygen atoms in total. The number of nitrogens with one attached hydrogen (secondary N) is 2. The number of ether oxygens (including phenoxy) is 1. The Hall–Kier alpha value is -1.50. The molecule has 1 amide bonds. The SMILES string of the molecule is CCNC(=NCC1CCCN(C(C)C)C1)N1CCC(NC(=O)OC(C)(C)C)C1. The van der Waals surface area contributed by atoms with Crippen LogP contribution < -0.4 is 10.6 Å². The molecule has 2 N–H and O–H groups in total. The van der Waals surface area contributed by atoms with E-state index in [1.165, 1.54) is 19.4 Å². The van der Waals surface area contributed by atoms with E-state index in [-0.39, 0.29) is 12.1 Å². The molecule has 2 saturated heterocycles. The average molecular weight is 396 g/mol. The Morgan fingerprint density at radius 1 is 1.21 bits per heavy atom. The van der Waals surface area contributed by atoms with Crippen molar-refractivity contribution < 1.29 is 9.53 Å². The van der Waals surface area contributed by atoms with Gasteiger partial charge in [-0.25, -0.2) is 4.79 Å². The molecule has 7 heteroatoms. The van der Waals surface area contributed by atoms with Gasteiger partial charge < -0.3 is 25.2 Å². The van der Waals surface area contributed by atoms with Crippen LogP contribution in [0.2, 0.25) is 0 Å². The van der Waals surface area contributed by atoms with Gasteiger partial charge in [0, 0.05) is 38.8 Å². The van der Waals surface area contributed by atoms with Crippen molar-refractivity contribution in [1.29, 1.82) is 0 Å². The molecule has 2 aliphatic rings. The second kappa shape index (κ2) is 10.3. The Bertz CT molecular complexity index is 529. The van der Waals surface area contributed by atoms with E-state index in [0.29, 0.717) is 12.0 Å². The number of alkyl carbamates (subject to hydrolysis) is 1. The Labute approximate surface area is 171 Å². The van der Waals surface area contributed by atoms with Crippen LogP contribution in [0.25, 0.3) is 0 Å². The number of piperidine rings is 1. The van der Waals surface area contributed by atoms with Crippen LogP contribution in [0.4, 0.5) is 4.79 Å². The fourth-order valence-corrected chi connectivity index (χ4v) is 3.90. The quantitative estimate of drug-likeness (QED) is 0.553. The number of hydrogen-bond acceptors (Lipinski definition) is 4. The van der Waals surface area contributed by atoms with Gasteiger partial charge >= 0.3 is 6.09 Å². The molecule has 0 spiro atoms. The summed E-state index contributed by atoms with van der Waals surface area (Å²) in [6.45, 7) is 18.0. The van der Waals surface area contributed by atoms with Gasteiger partial charge in [0.25, 0.3) is 0 Å². The predicted molar refractivity (Wildman–Crippen MR) is 115 cm³/mol. The molecule has 0 aliphatic carbocycles. The highest BCUT2D eigenvalue weighted by Gasteiger charge is 2.28. The van der Waals surface area contributed by atoms with Gasteiger partial charge in [-0.15, -0.1) is 0 Å². The molecule has 28 heavy (non-hydrogen) atoms. The Balaban J connectivity index is 1.87. The number of guanidine groups is 1. The van der Waals surface area contributed by atoms with E-state index in [9.17, 15) is 4.79 Å². The number of likely N-dealkylation sites (tertiary alicyclic amines) is 2. The summed E-state index contributed by atoms with van der Waals surface area (Å²) in [5.74, 6) is 1.60. The van der Waals surface area contributed by atoms with Crippen LogP contribution in [0.1, 0.15) is 60.8 Å². The van der Waals surface area contributed by atoms with Gasteiger partial charge in [0.05, 0.1) is 6.04 Å². The molecule has 2 rings (SSSR count). The molecule has 0 bridgehead atoms. The zero-order chi connectivity index (χ0) is 20.7. The third-order valence-electron chi connectivity index (χ3n) is 5.32. The maximum atomic E-state index is 12.0. The van der Waals surface area contributed by atoms with E-state index in [1.807, 2.05) is 20.8 Å². The van der Waals surface area contributed by atoms with Crippen molar-refractivity contribution >= 4 is 12.1 Å². The minimum Gasteiger partial charge on any atom is -0.444 e. The van der Waals surface area contributed by atoms with Gasteiger partial charge in [0.2, 0.25) is 0 Å². The molecule has 2 unspecified atom stereocenters. The number of amides is 1. The maximum Gasteiger partial charge on any atom is 0.407 e. The van der Waals surface area contributed by atoms with Crippen LogP contribution in [-0.2, 0) is 4.74 Å². The fourth-order valence-electron chi connectivity index (χ4n) is 3.90. The van der Waals surface area contributed by atoms with Crippen molar-refractivity contribution in [3.05, 3.63) is 0 Å². The summed E-state index contributed by atoms with van der Waals surface area (Å²) >= 11 is 0. The Kier molecular flexibility index (Phi) is 8.40. The second-order valence-corrected chi connectivity index (χ2v) is 9.37. The molecule has 0 aromatic rings. The fraction of sp³-hybridized carbons (Fsp3) is 0.905. The van der Waals surface area contributed by atoms with Crippen molar-refractivity contribution in [2.45, 2.75) is 78.5 Å². The molecular formula is C21H41N5O2. The number of carbonyl (C=O) groups excluding carboxylic acids is 1. The van der Waals surface area contributed by atoms with Crippen LogP contribution in [0.15, 0.2) is 4.99 Å². The van der Waals surface area contributed by atoms with Crippen LogP contribution in [0.5, 0.6) is 0 Å². The molecule has 2 aliphatic heterocycles. The van der Waals surface area contributed by atoms with Gasteiger partial charge in [-0.1, -0.05) is 0 Å². The second-order valence-electron chi connectivity index (χ2n) is 9.37. The summed E-state index contributed by atoms with van der Waals surface area (Å²) in [6, 6.07) is 0.711. The van der Waals surface area contributed by atoms with E-state index in [4.69, 9.17) is 9.73 Å². The number of carbonyl (C=O) groups is 1. The summed E-state index contributed by atoms with van der Waals surface area (Å²) < 4.78 is 5.38. The predicted octanol–water partition coefficient (Wildman–Crippen LogP) is 2.67. The number of aliphatic imine (C=N–C) groups is 1. The largest absolute Gasteiger partial charge is 0.444 e. The van der Waals surface area contributed by atoms with Gasteiger partial charge in [-0.05, 0) is 73.3 Å². The number of nitrogens with zero attached hydrogens (tertiary/aromatic N) is 3. The molecule has 0 saturated carbocycles. The topological polar surface area (TPSA) is 69.2 Å². The summed E-state index contributed by atoms with van der Waals surface area (Å²) in [7, 11) is 0. The summed E-state index contributed by atoms with van der Waals surface area (Å²) in [6.07, 6.45) is 3.10. The van der Waals surface area contributed by atoms with E-state index >= 15 is 0 Å². The van der Waals surface area contributed by atoms with Crippen molar-refractivity contribution in [3.63, 3.8) is 0 Å². The first-order valence-corrected chi connectivity index (χ1v) is 10.9. The van der Waals surface area contributed by atoms with Crippen LogP contribution >= 0.6 is 0 Å². The Morgan fingerprint density at radius 2 is 1.96 bits per heavy atom. The van der Waals surface area contributed by atoms with E-state index in [0.717, 1.165) is 45.1 Å². The third-order valence-corrected chi connectivity index (χ3v) is 5.32.